The van der Waals surface area contributed by atoms with E-state index in [2.05, 4.69) is 25.7 Å². The third-order valence-corrected chi connectivity index (χ3v) is 2.35. The Bertz CT molecular complexity index is 396. The van der Waals surface area contributed by atoms with E-state index in [4.69, 9.17) is 0 Å². The van der Waals surface area contributed by atoms with E-state index in [1.807, 2.05) is 0 Å². The molecular formula is C9H8BrF2NO2. The monoisotopic (exact) mass is 279 g/mol. The molecule has 0 aliphatic heterocycles. The third-order valence-electron chi connectivity index (χ3n) is 1.72. The van der Waals surface area contributed by atoms with Crippen molar-refractivity contribution in [1.82, 2.24) is 4.98 Å². The van der Waals surface area contributed by atoms with Gasteiger partial charge < -0.3 is 4.74 Å². The Morgan fingerprint density at radius 2 is 2.20 bits per heavy atom. The maximum Gasteiger partial charge on any atom is 0.341 e. The molecule has 0 aromatic carbocycles. The lowest BCUT2D eigenvalue weighted by Gasteiger charge is -2.09. The summed E-state index contributed by atoms with van der Waals surface area (Å²) in [6, 6.07) is 1.48. The molecule has 15 heavy (non-hydrogen) atoms. The predicted octanol–water partition coefficient (Wildman–Crippen LogP) is 2.88. The zero-order valence-electron chi connectivity index (χ0n) is 8.05. The van der Waals surface area contributed by atoms with Gasteiger partial charge in [-0.25, -0.2) is 13.6 Å². The number of ether oxygens (including phenoxy) is 1. The van der Waals surface area contributed by atoms with Gasteiger partial charge in [-0.2, -0.15) is 0 Å². The third kappa shape index (κ3) is 2.50. The minimum atomic E-state index is -2.81. The number of alkyl halides is 2. The van der Waals surface area contributed by atoms with Crippen molar-refractivity contribution in [3.05, 3.63) is 27.5 Å². The second kappa shape index (κ2) is 4.65. The van der Waals surface area contributed by atoms with Gasteiger partial charge in [-0.3, -0.25) is 4.98 Å². The maximum atomic E-state index is 12.6. The summed E-state index contributed by atoms with van der Waals surface area (Å²) in [6.45, 7) is 1.57. The predicted molar refractivity (Wildman–Crippen MR) is 53.0 cm³/mol. The average Bonchev–Trinajstić information content (AvgIpc) is 2.15. The zero-order chi connectivity index (χ0) is 11.6. The van der Waals surface area contributed by atoms with Crippen LogP contribution in [0.3, 0.4) is 0 Å². The van der Waals surface area contributed by atoms with Crippen LogP contribution in [0.25, 0.3) is 0 Å². The Morgan fingerprint density at radius 1 is 1.60 bits per heavy atom. The van der Waals surface area contributed by atoms with Gasteiger partial charge in [0.1, 0.15) is 11.3 Å². The van der Waals surface area contributed by atoms with Crippen molar-refractivity contribution in [2.24, 2.45) is 0 Å². The van der Waals surface area contributed by atoms with Gasteiger partial charge in [-0.15, -0.1) is 0 Å². The number of carbonyl (C=O) groups excluding carboxylic acids is 1. The summed E-state index contributed by atoms with van der Waals surface area (Å²) >= 11 is 3.03. The topological polar surface area (TPSA) is 39.2 Å². The molecule has 0 radical (unpaired) electrons. The highest BCUT2D eigenvalue weighted by Crippen LogP contribution is 2.28. The van der Waals surface area contributed by atoms with Crippen molar-refractivity contribution < 1.29 is 18.3 Å². The summed E-state index contributed by atoms with van der Waals surface area (Å²) in [5, 5.41) is 0. The maximum absolute atomic E-state index is 12.6. The Kier molecular flexibility index (Phi) is 3.73. The minimum absolute atomic E-state index is 0.224. The van der Waals surface area contributed by atoms with Crippen LogP contribution in [0.5, 0.6) is 0 Å². The van der Waals surface area contributed by atoms with Crippen molar-refractivity contribution in [3.8, 4) is 0 Å². The van der Waals surface area contributed by atoms with E-state index >= 15 is 0 Å². The molecule has 0 saturated heterocycles. The number of carbonyl (C=O) groups is 1. The fraction of sp³-hybridized carbons (Fsp3) is 0.333. The molecule has 0 aliphatic carbocycles. The molecule has 0 atom stereocenters. The van der Waals surface area contributed by atoms with Crippen molar-refractivity contribution in [3.63, 3.8) is 0 Å². The lowest BCUT2D eigenvalue weighted by molar-refractivity contribution is 0.0586. The van der Waals surface area contributed by atoms with Gasteiger partial charge in [-0.1, -0.05) is 0 Å². The van der Waals surface area contributed by atoms with Crippen LogP contribution in [0, 0.1) is 6.92 Å². The van der Waals surface area contributed by atoms with Crippen LogP contribution < -0.4 is 0 Å². The Balaban J connectivity index is 3.40. The number of pyridine rings is 1. The smallest absolute Gasteiger partial charge is 0.341 e. The number of nitrogens with zero attached hydrogens (tertiary/aromatic N) is 1. The number of aromatic nitrogens is 1. The minimum Gasteiger partial charge on any atom is -0.465 e. The molecule has 0 unspecified atom stereocenters. The number of methoxy groups -OCH3 is 1. The van der Waals surface area contributed by atoms with E-state index in [1.165, 1.54) is 6.07 Å². The number of hydrogen-bond donors (Lipinski definition) is 0. The first kappa shape index (κ1) is 12.0. The summed E-state index contributed by atoms with van der Waals surface area (Å²) < 4.78 is 29.9. The van der Waals surface area contributed by atoms with Gasteiger partial charge >= 0.3 is 5.97 Å². The molecule has 1 aromatic rings. The van der Waals surface area contributed by atoms with Gasteiger partial charge in [0.2, 0.25) is 0 Å². The molecule has 0 amide bonds. The standard InChI is InChI=1S/C9H8BrF2NO2/c1-4-3-5(10)6(9(14)15-2)7(13-4)8(11)12/h3,8H,1-2H3. The van der Waals surface area contributed by atoms with Crippen LogP contribution in [0.2, 0.25) is 0 Å². The number of hydrogen-bond acceptors (Lipinski definition) is 3. The molecule has 0 aliphatic rings. The van der Waals surface area contributed by atoms with Gasteiger partial charge in [0, 0.05) is 10.2 Å². The highest BCUT2D eigenvalue weighted by Gasteiger charge is 2.23. The molecule has 0 fully saturated rings. The fourth-order valence-corrected chi connectivity index (χ4v) is 1.81. The summed E-state index contributed by atoms with van der Waals surface area (Å²) in [5.74, 6) is -0.829. The van der Waals surface area contributed by atoms with Gasteiger partial charge in [-0.05, 0) is 28.9 Å². The van der Waals surface area contributed by atoms with Crippen LogP contribution in [0.1, 0.15) is 28.2 Å². The fourth-order valence-electron chi connectivity index (χ4n) is 1.12. The summed E-state index contributed by atoms with van der Waals surface area (Å²) in [7, 11) is 1.13. The zero-order valence-corrected chi connectivity index (χ0v) is 9.64. The largest absolute Gasteiger partial charge is 0.465 e. The first-order valence-corrected chi connectivity index (χ1v) is 4.80. The van der Waals surface area contributed by atoms with E-state index in [-0.39, 0.29) is 10.0 Å². The lowest BCUT2D eigenvalue weighted by atomic mass is 10.2. The highest BCUT2D eigenvalue weighted by atomic mass is 79.9. The summed E-state index contributed by atoms with van der Waals surface area (Å²) in [5.41, 5.74) is -0.378. The van der Waals surface area contributed by atoms with Crippen molar-refractivity contribution in [2.45, 2.75) is 13.3 Å². The number of esters is 1. The molecule has 1 aromatic heterocycles. The first-order chi connectivity index (χ1) is 6.97. The van der Waals surface area contributed by atoms with Gasteiger partial charge in [0.25, 0.3) is 6.43 Å². The summed E-state index contributed by atoms with van der Waals surface area (Å²) in [6.07, 6.45) is -2.81. The van der Waals surface area contributed by atoms with Crippen LogP contribution in [-0.2, 0) is 4.74 Å². The van der Waals surface area contributed by atoms with E-state index in [9.17, 15) is 13.6 Å². The second-order valence-electron chi connectivity index (χ2n) is 2.80. The van der Waals surface area contributed by atoms with Crippen LogP contribution in [0.15, 0.2) is 10.5 Å². The first-order valence-electron chi connectivity index (χ1n) is 4.01. The molecule has 0 saturated carbocycles. The number of rotatable bonds is 2. The van der Waals surface area contributed by atoms with Crippen LogP contribution in [-0.4, -0.2) is 18.1 Å². The van der Waals surface area contributed by atoms with Gasteiger partial charge in [0.05, 0.1) is 7.11 Å². The Hall–Kier alpha value is -1.04. The SMILES string of the molecule is COC(=O)c1c(Br)cc(C)nc1C(F)F. The van der Waals surface area contributed by atoms with Crippen LogP contribution in [0.4, 0.5) is 8.78 Å². The molecule has 82 valence electrons. The molecular weight excluding hydrogens is 272 g/mol. The normalized spacial score (nSPS) is 10.5. The molecule has 0 bridgehead atoms. The molecule has 1 heterocycles. The summed E-state index contributed by atoms with van der Waals surface area (Å²) in [4.78, 5) is 14.9. The molecule has 0 N–H and O–H groups in total. The number of aryl methyl sites for hydroxylation is 1. The van der Waals surface area contributed by atoms with Crippen LogP contribution >= 0.6 is 15.9 Å². The van der Waals surface area contributed by atoms with E-state index in [0.29, 0.717) is 5.69 Å². The average molecular weight is 280 g/mol. The van der Waals surface area contributed by atoms with Crippen molar-refractivity contribution in [2.75, 3.05) is 7.11 Å². The van der Waals surface area contributed by atoms with Gasteiger partial charge in [0.15, 0.2) is 0 Å². The highest BCUT2D eigenvalue weighted by molar-refractivity contribution is 9.10. The quantitative estimate of drug-likeness (QED) is 0.782. The number of halogens is 3. The second-order valence-corrected chi connectivity index (χ2v) is 3.65. The molecule has 0 spiro atoms. The molecule has 6 heteroatoms. The molecule has 1 rings (SSSR count). The lowest BCUT2D eigenvalue weighted by Crippen LogP contribution is -2.10. The Labute approximate surface area is 93.6 Å². The van der Waals surface area contributed by atoms with Crippen molar-refractivity contribution >= 4 is 21.9 Å². The van der Waals surface area contributed by atoms with Crippen molar-refractivity contribution in [1.29, 1.82) is 0 Å². The van der Waals surface area contributed by atoms with E-state index in [0.717, 1.165) is 7.11 Å². The van der Waals surface area contributed by atoms with E-state index < -0.39 is 18.1 Å². The van der Waals surface area contributed by atoms with E-state index in [1.54, 1.807) is 6.92 Å². The molecule has 3 nitrogen and oxygen atoms in total. The Morgan fingerprint density at radius 3 is 2.67 bits per heavy atom.